The minimum Gasteiger partial charge on any atom is -0.388 e. The Kier molecular flexibility index (Phi) is 6.10. The second-order valence-electron chi connectivity index (χ2n) is 4.97. The van der Waals surface area contributed by atoms with Gasteiger partial charge in [0.25, 0.3) is 5.91 Å². The first kappa shape index (κ1) is 17.8. The minimum atomic E-state index is -4.59. The standard InChI is InChI=1S/C14H18F3NO2S/c1-13(20,7-8-21-2)9-18-12(19)10-5-3-4-6-11(10)14(15,16)17/h3-6,20H,7-9H2,1-2H3,(H,18,19)/t13-/m1/s1. The summed E-state index contributed by atoms with van der Waals surface area (Å²) in [5, 5.41) is 12.4. The van der Waals surface area contributed by atoms with E-state index in [-0.39, 0.29) is 6.54 Å². The molecule has 1 aromatic carbocycles. The number of hydrogen-bond donors (Lipinski definition) is 2. The molecule has 2 N–H and O–H groups in total. The summed E-state index contributed by atoms with van der Waals surface area (Å²) < 4.78 is 38.5. The van der Waals surface area contributed by atoms with Crippen molar-refractivity contribution in [2.75, 3.05) is 18.6 Å². The van der Waals surface area contributed by atoms with E-state index in [1.807, 2.05) is 6.26 Å². The van der Waals surface area contributed by atoms with Gasteiger partial charge in [-0.3, -0.25) is 4.79 Å². The Morgan fingerprint density at radius 3 is 2.52 bits per heavy atom. The van der Waals surface area contributed by atoms with Crippen molar-refractivity contribution in [2.45, 2.75) is 25.1 Å². The second kappa shape index (κ2) is 7.17. The lowest BCUT2D eigenvalue weighted by Crippen LogP contribution is -2.41. The number of nitrogens with one attached hydrogen (secondary N) is 1. The van der Waals surface area contributed by atoms with Gasteiger partial charge >= 0.3 is 6.18 Å². The molecule has 0 aliphatic rings. The van der Waals surface area contributed by atoms with Gasteiger partial charge in [-0.25, -0.2) is 0 Å². The first-order chi connectivity index (χ1) is 9.67. The van der Waals surface area contributed by atoms with Crippen LogP contribution in [0.15, 0.2) is 24.3 Å². The van der Waals surface area contributed by atoms with Crippen LogP contribution in [0.25, 0.3) is 0 Å². The molecule has 1 atom stereocenters. The number of hydrogen-bond acceptors (Lipinski definition) is 3. The molecule has 0 aliphatic heterocycles. The van der Waals surface area contributed by atoms with E-state index in [4.69, 9.17) is 0 Å². The van der Waals surface area contributed by atoms with E-state index in [0.29, 0.717) is 12.2 Å². The van der Waals surface area contributed by atoms with Crippen molar-refractivity contribution in [3.05, 3.63) is 35.4 Å². The Hall–Kier alpha value is -1.21. The number of rotatable bonds is 6. The third-order valence-corrected chi connectivity index (χ3v) is 3.56. The highest BCUT2D eigenvalue weighted by molar-refractivity contribution is 7.98. The molecule has 1 rings (SSSR count). The van der Waals surface area contributed by atoms with Gasteiger partial charge in [-0.2, -0.15) is 24.9 Å². The van der Waals surface area contributed by atoms with Gasteiger partial charge in [0.15, 0.2) is 0 Å². The van der Waals surface area contributed by atoms with Crippen LogP contribution in [-0.2, 0) is 6.18 Å². The zero-order valence-electron chi connectivity index (χ0n) is 11.8. The first-order valence-corrected chi connectivity index (χ1v) is 7.72. The van der Waals surface area contributed by atoms with Crippen molar-refractivity contribution in [1.82, 2.24) is 5.32 Å². The van der Waals surface area contributed by atoms with Gasteiger partial charge in [0.2, 0.25) is 0 Å². The largest absolute Gasteiger partial charge is 0.417 e. The van der Waals surface area contributed by atoms with E-state index in [1.54, 1.807) is 18.7 Å². The normalized spacial score (nSPS) is 14.6. The molecule has 1 amide bonds. The molecule has 0 heterocycles. The van der Waals surface area contributed by atoms with Crippen molar-refractivity contribution in [3.63, 3.8) is 0 Å². The van der Waals surface area contributed by atoms with Crippen LogP contribution in [0, 0.1) is 0 Å². The minimum absolute atomic E-state index is 0.0986. The van der Waals surface area contributed by atoms with Crippen molar-refractivity contribution < 1.29 is 23.1 Å². The number of alkyl halides is 3. The fourth-order valence-corrected chi connectivity index (χ4v) is 2.35. The molecule has 0 saturated carbocycles. The molecule has 118 valence electrons. The molecule has 21 heavy (non-hydrogen) atoms. The summed E-state index contributed by atoms with van der Waals surface area (Å²) in [7, 11) is 0. The summed E-state index contributed by atoms with van der Waals surface area (Å²) in [4.78, 5) is 11.9. The summed E-state index contributed by atoms with van der Waals surface area (Å²) in [6.45, 7) is 1.44. The van der Waals surface area contributed by atoms with Crippen molar-refractivity contribution in [3.8, 4) is 0 Å². The number of carbonyl (C=O) groups is 1. The van der Waals surface area contributed by atoms with Gasteiger partial charge in [0, 0.05) is 6.54 Å². The Morgan fingerprint density at radius 1 is 1.33 bits per heavy atom. The van der Waals surface area contributed by atoms with Crippen molar-refractivity contribution in [1.29, 1.82) is 0 Å². The third kappa shape index (κ3) is 5.59. The first-order valence-electron chi connectivity index (χ1n) is 6.33. The van der Waals surface area contributed by atoms with E-state index in [1.165, 1.54) is 12.1 Å². The average Bonchev–Trinajstić information content (AvgIpc) is 2.42. The Balaban J connectivity index is 2.77. The van der Waals surface area contributed by atoms with Crippen LogP contribution < -0.4 is 5.32 Å². The van der Waals surface area contributed by atoms with Crippen LogP contribution in [0.1, 0.15) is 29.3 Å². The van der Waals surface area contributed by atoms with Gasteiger partial charge < -0.3 is 10.4 Å². The number of halogens is 3. The number of aliphatic hydroxyl groups is 1. The lowest BCUT2D eigenvalue weighted by atomic mass is 10.0. The molecule has 0 aliphatic carbocycles. The number of amides is 1. The summed E-state index contributed by atoms with van der Waals surface area (Å²) in [6, 6.07) is 4.58. The fraction of sp³-hybridized carbons (Fsp3) is 0.500. The molecule has 0 bridgehead atoms. The predicted octanol–water partition coefficient (Wildman–Crippen LogP) is 2.94. The van der Waals surface area contributed by atoms with Crippen LogP contribution in [0.4, 0.5) is 13.2 Å². The van der Waals surface area contributed by atoms with Gasteiger partial charge in [0.05, 0.1) is 16.7 Å². The van der Waals surface area contributed by atoms with Crippen LogP contribution in [0.2, 0.25) is 0 Å². The summed E-state index contributed by atoms with van der Waals surface area (Å²) in [6.07, 6.45) is -2.26. The van der Waals surface area contributed by atoms with Gasteiger partial charge in [-0.05, 0) is 37.5 Å². The van der Waals surface area contributed by atoms with Crippen LogP contribution >= 0.6 is 11.8 Å². The zero-order chi connectivity index (χ0) is 16.1. The summed E-state index contributed by atoms with van der Waals surface area (Å²) >= 11 is 1.54. The summed E-state index contributed by atoms with van der Waals surface area (Å²) in [5.41, 5.74) is -2.57. The van der Waals surface area contributed by atoms with Crippen molar-refractivity contribution in [2.24, 2.45) is 0 Å². The maximum Gasteiger partial charge on any atom is 0.417 e. The van der Waals surface area contributed by atoms with Gasteiger partial charge in [-0.1, -0.05) is 12.1 Å². The molecular weight excluding hydrogens is 303 g/mol. The average molecular weight is 321 g/mol. The molecule has 3 nitrogen and oxygen atoms in total. The Labute approximate surface area is 125 Å². The van der Waals surface area contributed by atoms with E-state index < -0.39 is 28.8 Å². The predicted molar refractivity (Wildman–Crippen MR) is 77.4 cm³/mol. The Morgan fingerprint density at radius 2 is 1.95 bits per heavy atom. The SMILES string of the molecule is CSCC[C@@](C)(O)CNC(=O)c1ccccc1C(F)(F)F. The van der Waals surface area contributed by atoms with E-state index in [2.05, 4.69) is 5.32 Å². The molecule has 0 spiro atoms. The lowest BCUT2D eigenvalue weighted by Gasteiger charge is -2.23. The quantitative estimate of drug-likeness (QED) is 0.847. The van der Waals surface area contributed by atoms with Crippen LogP contribution in [0.5, 0.6) is 0 Å². The smallest absolute Gasteiger partial charge is 0.388 e. The Bertz CT molecular complexity index is 489. The van der Waals surface area contributed by atoms with Crippen LogP contribution in [0.3, 0.4) is 0 Å². The van der Waals surface area contributed by atoms with E-state index in [9.17, 15) is 23.1 Å². The molecule has 0 fully saturated rings. The van der Waals surface area contributed by atoms with Crippen molar-refractivity contribution >= 4 is 17.7 Å². The van der Waals surface area contributed by atoms with Crippen LogP contribution in [-0.4, -0.2) is 35.2 Å². The molecule has 1 aromatic rings. The highest BCUT2D eigenvalue weighted by Crippen LogP contribution is 2.31. The summed E-state index contributed by atoms with van der Waals surface area (Å²) in [5.74, 6) is -0.144. The lowest BCUT2D eigenvalue weighted by molar-refractivity contribution is -0.137. The number of carbonyl (C=O) groups excluding carboxylic acids is 1. The maximum absolute atomic E-state index is 12.8. The third-order valence-electron chi connectivity index (χ3n) is 2.95. The highest BCUT2D eigenvalue weighted by atomic mass is 32.2. The fourth-order valence-electron chi connectivity index (χ4n) is 1.70. The maximum atomic E-state index is 12.8. The topological polar surface area (TPSA) is 49.3 Å². The molecule has 0 aromatic heterocycles. The molecular formula is C14H18F3NO2S. The molecule has 0 radical (unpaired) electrons. The van der Waals surface area contributed by atoms with Gasteiger partial charge in [-0.15, -0.1) is 0 Å². The van der Waals surface area contributed by atoms with E-state index >= 15 is 0 Å². The van der Waals surface area contributed by atoms with Gasteiger partial charge in [0.1, 0.15) is 0 Å². The monoisotopic (exact) mass is 321 g/mol. The second-order valence-corrected chi connectivity index (χ2v) is 5.95. The van der Waals surface area contributed by atoms with E-state index in [0.717, 1.165) is 12.1 Å². The molecule has 7 heteroatoms. The number of benzene rings is 1. The highest BCUT2D eigenvalue weighted by Gasteiger charge is 2.35. The zero-order valence-corrected chi connectivity index (χ0v) is 12.6. The molecule has 0 saturated heterocycles. The number of thioether (sulfide) groups is 1. The molecule has 0 unspecified atom stereocenters.